The molecule has 0 aliphatic carbocycles. The van der Waals surface area contributed by atoms with Gasteiger partial charge in [0.15, 0.2) is 6.61 Å². The monoisotopic (exact) mass is 271 g/mol. The van der Waals surface area contributed by atoms with Gasteiger partial charge in [-0.1, -0.05) is 18.2 Å². The van der Waals surface area contributed by atoms with E-state index in [1.54, 1.807) is 48.7 Å². The quantitative estimate of drug-likeness (QED) is 0.819. The zero-order valence-electron chi connectivity index (χ0n) is 10.6. The predicted octanol–water partition coefficient (Wildman–Crippen LogP) is 2.61. The number of carboxylic acid groups (broad SMARTS) is 1. The van der Waals surface area contributed by atoms with Crippen molar-refractivity contribution in [2.24, 2.45) is 4.99 Å². The van der Waals surface area contributed by atoms with Gasteiger partial charge >= 0.3 is 5.97 Å². The van der Waals surface area contributed by atoms with Gasteiger partial charge in [-0.05, 0) is 24.3 Å². The zero-order valence-corrected chi connectivity index (χ0v) is 10.6. The molecule has 5 heteroatoms. The van der Waals surface area contributed by atoms with E-state index in [0.29, 0.717) is 17.0 Å². The van der Waals surface area contributed by atoms with Crippen LogP contribution in [0.5, 0.6) is 11.5 Å². The van der Waals surface area contributed by atoms with Crippen LogP contribution >= 0.6 is 0 Å². The lowest BCUT2D eigenvalue weighted by Crippen LogP contribution is -2.10. The van der Waals surface area contributed by atoms with Gasteiger partial charge in [-0.25, -0.2) is 4.79 Å². The lowest BCUT2D eigenvalue weighted by Gasteiger charge is -2.06. The number of carboxylic acids is 1. The van der Waals surface area contributed by atoms with Crippen molar-refractivity contribution in [1.82, 2.24) is 0 Å². The molecule has 0 heterocycles. The van der Waals surface area contributed by atoms with Crippen molar-refractivity contribution in [3.05, 3.63) is 54.1 Å². The molecule has 2 aromatic rings. The number of hydrogen-bond donors (Lipinski definition) is 2. The second kappa shape index (κ2) is 6.38. The van der Waals surface area contributed by atoms with Crippen molar-refractivity contribution in [2.45, 2.75) is 0 Å². The van der Waals surface area contributed by atoms with Crippen LogP contribution in [0.4, 0.5) is 5.69 Å². The third-order valence-corrected chi connectivity index (χ3v) is 2.45. The normalized spacial score (nSPS) is 10.6. The molecule has 0 aromatic heterocycles. The van der Waals surface area contributed by atoms with Gasteiger partial charge in [-0.3, -0.25) is 4.99 Å². The molecule has 0 bridgehead atoms. The van der Waals surface area contributed by atoms with Crippen molar-refractivity contribution >= 4 is 17.9 Å². The zero-order chi connectivity index (χ0) is 14.4. The van der Waals surface area contributed by atoms with Gasteiger partial charge in [-0.2, -0.15) is 0 Å². The average molecular weight is 271 g/mol. The fourth-order valence-corrected chi connectivity index (χ4v) is 1.58. The number of aliphatic imine (C=N–C) groups is 1. The number of aromatic hydroxyl groups is 1. The highest BCUT2D eigenvalue weighted by atomic mass is 16.5. The lowest BCUT2D eigenvalue weighted by molar-refractivity contribution is -0.139. The van der Waals surface area contributed by atoms with Crippen molar-refractivity contribution in [3.63, 3.8) is 0 Å². The third-order valence-electron chi connectivity index (χ3n) is 2.45. The molecule has 0 amide bonds. The molecule has 0 atom stereocenters. The first kappa shape index (κ1) is 13.6. The molecule has 0 fully saturated rings. The van der Waals surface area contributed by atoms with Gasteiger partial charge < -0.3 is 14.9 Å². The first-order valence-electron chi connectivity index (χ1n) is 5.92. The van der Waals surface area contributed by atoms with Gasteiger partial charge in [0.2, 0.25) is 0 Å². The van der Waals surface area contributed by atoms with Crippen LogP contribution < -0.4 is 4.74 Å². The Morgan fingerprint density at radius 2 is 2.00 bits per heavy atom. The van der Waals surface area contributed by atoms with E-state index in [1.807, 2.05) is 0 Å². The van der Waals surface area contributed by atoms with Crippen LogP contribution in [0.1, 0.15) is 5.56 Å². The summed E-state index contributed by atoms with van der Waals surface area (Å²) in [4.78, 5) is 14.7. The van der Waals surface area contributed by atoms with Gasteiger partial charge in [-0.15, -0.1) is 0 Å². The summed E-state index contributed by atoms with van der Waals surface area (Å²) in [6.07, 6.45) is 1.56. The molecule has 2 aromatic carbocycles. The fraction of sp³-hybridized carbons (Fsp3) is 0.0667. The minimum atomic E-state index is -1.04. The maximum atomic E-state index is 10.5. The number of benzene rings is 2. The summed E-state index contributed by atoms with van der Waals surface area (Å²) in [6.45, 7) is -0.406. The summed E-state index contributed by atoms with van der Waals surface area (Å²) in [6, 6.07) is 13.5. The molecule has 0 saturated heterocycles. The second-order valence-corrected chi connectivity index (χ2v) is 4.00. The molecule has 0 radical (unpaired) electrons. The molecule has 0 aliphatic heterocycles. The van der Waals surface area contributed by atoms with Gasteiger partial charge in [0, 0.05) is 17.8 Å². The molecule has 20 heavy (non-hydrogen) atoms. The number of para-hydroxylation sites is 1. The van der Waals surface area contributed by atoms with Crippen molar-refractivity contribution in [1.29, 1.82) is 0 Å². The summed E-state index contributed by atoms with van der Waals surface area (Å²) < 4.78 is 5.17. The Hall–Kier alpha value is -2.82. The van der Waals surface area contributed by atoms with Crippen molar-refractivity contribution in [3.8, 4) is 11.5 Å². The summed E-state index contributed by atoms with van der Waals surface area (Å²) in [5, 5.41) is 18.0. The minimum absolute atomic E-state index is 0.134. The Labute approximate surface area is 115 Å². The molecular formula is C15H13NO4. The number of carbonyl (C=O) groups is 1. The molecule has 0 spiro atoms. The molecule has 5 nitrogen and oxygen atoms in total. The Morgan fingerprint density at radius 1 is 1.20 bits per heavy atom. The standard InChI is InChI=1S/C15H13NO4/c17-13-6-3-5-12(8-13)16-9-11-4-1-2-7-14(11)20-10-15(18)19/h1-9,17H,10H2,(H,18,19). The Bertz CT molecular complexity index is 637. The maximum absolute atomic E-state index is 10.5. The minimum Gasteiger partial charge on any atom is -0.508 e. The van der Waals surface area contributed by atoms with E-state index in [9.17, 15) is 9.90 Å². The van der Waals surface area contributed by atoms with E-state index < -0.39 is 12.6 Å². The van der Waals surface area contributed by atoms with Crippen LogP contribution in [0.2, 0.25) is 0 Å². The summed E-state index contributed by atoms with van der Waals surface area (Å²) in [5.74, 6) is -0.460. The van der Waals surface area contributed by atoms with Crippen LogP contribution in [-0.4, -0.2) is 29.0 Å². The fourth-order valence-electron chi connectivity index (χ4n) is 1.58. The van der Waals surface area contributed by atoms with E-state index in [2.05, 4.69) is 4.99 Å². The van der Waals surface area contributed by atoms with Gasteiger partial charge in [0.25, 0.3) is 0 Å². The van der Waals surface area contributed by atoms with E-state index in [-0.39, 0.29) is 5.75 Å². The summed E-state index contributed by atoms with van der Waals surface area (Å²) in [7, 11) is 0. The van der Waals surface area contributed by atoms with Crippen molar-refractivity contribution < 1.29 is 19.7 Å². The topological polar surface area (TPSA) is 79.1 Å². The number of hydrogen-bond acceptors (Lipinski definition) is 4. The Kier molecular flexibility index (Phi) is 4.34. The molecule has 102 valence electrons. The average Bonchev–Trinajstić information content (AvgIpc) is 2.44. The molecular weight excluding hydrogens is 258 g/mol. The maximum Gasteiger partial charge on any atom is 0.341 e. The highest BCUT2D eigenvalue weighted by molar-refractivity contribution is 5.85. The SMILES string of the molecule is O=C(O)COc1ccccc1C=Nc1cccc(O)c1. The first-order valence-corrected chi connectivity index (χ1v) is 5.92. The largest absolute Gasteiger partial charge is 0.508 e. The van der Waals surface area contributed by atoms with Gasteiger partial charge in [0.1, 0.15) is 11.5 Å². The second-order valence-electron chi connectivity index (χ2n) is 4.00. The van der Waals surface area contributed by atoms with Crippen LogP contribution in [0.25, 0.3) is 0 Å². The third kappa shape index (κ3) is 3.84. The number of rotatable bonds is 5. The molecule has 0 aliphatic rings. The van der Waals surface area contributed by atoms with E-state index in [4.69, 9.17) is 9.84 Å². The number of phenols is 1. The molecule has 0 unspecified atom stereocenters. The smallest absolute Gasteiger partial charge is 0.341 e. The number of aliphatic carboxylic acids is 1. The highest BCUT2D eigenvalue weighted by Gasteiger charge is 2.03. The first-order chi connectivity index (χ1) is 9.65. The van der Waals surface area contributed by atoms with Crippen LogP contribution in [0, 0.1) is 0 Å². The van der Waals surface area contributed by atoms with Gasteiger partial charge in [0.05, 0.1) is 5.69 Å². The van der Waals surface area contributed by atoms with Crippen molar-refractivity contribution in [2.75, 3.05) is 6.61 Å². The predicted molar refractivity (Wildman–Crippen MR) is 74.9 cm³/mol. The van der Waals surface area contributed by atoms with Crippen LogP contribution in [0.3, 0.4) is 0 Å². The Balaban J connectivity index is 2.18. The van der Waals surface area contributed by atoms with Crippen LogP contribution in [-0.2, 0) is 4.79 Å². The van der Waals surface area contributed by atoms with Crippen LogP contribution in [0.15, 0.2) is 53.5 Å². The van der Waals surface area contributed by atoms with E-state index >= 15 is 0 Å². The number of ether oxygens (including phenoxy) is 1. The number of nitrogens with zero attached hydrogens (tertiary/aromatic N) is 1. The summed E-state index contributed by atoms with van der Waals surface area (Å²) >= 11 is 0. The number of phenolic OH excluding ortho intramolecular Hbond substituents is 1. The van der Waals surface area contributed by atoms with E-state index in [1.165, 1.54) is 6.07 Å². The lowest BCUT2D eigenvalue weighted by atomic mass is 10.2. The Morgan fingerprint density at radius 3 is 2.75 bits per heavy atom. The highest BCUT2D eigenvalue weighted by Crippen LogP contribution is 2.20. The molecule has 0 saturated carbocycles. The molecule has 2 N–H and O–H groups in total. The molecule has 2 rings (SSSR count). The van der Waals surface area contributed by atoms with E-state index in [0.717, 1.165) is 0 Å². The summed E-state index contributed by atoms with van der Waals surface area (Å²) in [5.41, 5.74) is 1.26.